The monoisotopic (exact) mass is 416 g/mol. The molecule has 8 nitrogen and oxygen atoms in total. The van der Waals surface area contributed by atoms with Crippen molar-refractivity contribution < 1.29 is 28.5 Å². The molecule has 0 fully saturated rings. The zero-order chi connectivity index (χ0) is 20.8. The van der Waals surface area contributed by atoms with Gasteiger partial charge < -0.3 is 29.6 Å². The van der Waals surface area contributed by atoms with Crippen LogP contribution in [0.25, 0.3) is 0 Å². The largest absolute Gasteiger partial charge is 0.462 e. The highest BCUT2D eigenvalue weighted by atomic mass is 32.1. The molecule has 0 atom stereocenters. The topological polar surface area (TPSA) is 95.1 Å². The van der Waals surface area contributed by atoms with E-state index in [0.29, 0.717) is 22.9 Å². The summed E-state index contributed by atoms with van der Waals surface area (Å²) < 4.78 is 20.7. The molecule has 1 heterocycles. The number of benzene rings is 2. The van der Waals surface area contributed by atoms with Gasteiger partial charge in [0, 0.05) is 17.4 Å². The van der Waals surface area contributed by atoms with Crippen LogP contribution in [0.5, 0.6) is 11.5 Å². The molecule has 0 saturated carbocycles. The predicted molar refractivity (Wildman–Crippen MR) is 111 cm³/mol. The van der Waals surface area contributed by atoms with E-state index in [2.05, 4.69) is 10.6 Å². The highest BCUT2D eigenvalue weighted by Crippen LogP contribution is 2.34. The molecule has 0 spiro atoms. The third kappa shape index (κ3) is 5.14. The van der Waals surface area contributed by atoms with Crippen molar-refractivity contribution in [2.75, 3.05) is 30.6 Å². The lowest BCUT2D eigenvalue weighted by Gasteiger charge is -2.13. The first-order valence-electron chi connectivity index (χ1n) is 8.97. The third-order valence-electron chi connectivity index (χ3n) is 3.84. The predicted octanol–water partition coefficient (Wildman–Crippen LogP) is 3.58. The zero-order valence-corrected chi connectivity index (χ0v) is 16.8. The van der Waals surface area contributed by atoms with Gasteiger partial charge in [0.25, 0.3) is 0 Å². The van der Waals surface area contributed by atoms with Gasteiger partial charge in [-0.15, -0.1) is 0 Å². The number of esters is 2. The average Bonchev–Trinajstić information content (AvgIpc) is 3.16. The van der Waals surface area contributed by atoms with Crippen molar-refractivity contribution in [2.24, 2.45) is 0 Å². The number of nitrogens with one attached hydrogen (secondary N) is 2. The number of thiocarbonyl (C=S) groups is 1. The molecule has 9 heteroatoms. The molecule has 2 aromatic carbocycles. The van der Waals surface area contributed by atoms with Crippen LogP contribution in [0.1, 0.15) is 34.6 Å². The Balaban J connectivity index is 1.78. The van der Waals surface area contributed by atoms with Crippen molar-refractivity contribution in [1.29, 1.82) is 0 Å². The van der Waals surface area contributed by atoms with Crippen molar-refractivity contribution in [3.8, 4) is 11.5 Å². The summed E-state index contributed by atoms with van der Waals surface area (Å²) in [5.41, 5.74) is 1.56. The highest BCUT2D eigenvalue weighted by Gasteiger charge is 2.16. The molecular formula is C20H20N2O6S. The second-order valence-electron chi connectivity index (χ2n) is 5.89. The zero-order valence-electron chi connectivity index (χ0n) is 15.9. The maximum Gasteiger partial charge on any atom is 0.338 e. The standard InChI is InChI=1S/C20H20N2O6S/c1-3-25-18(23)12-7-13(19(24)26-4-2)9-15(8-12)22-20(29)21-14-5-6-16-17(10-14)28-11-27-16/h5-10H,3-4,11H2,1-2H3,(H2,21,22,29). The van der Waals surface area contributed by atoms with Gasteiger partial charge in [-0.05, 0) is 56.4 Å². The molecule has 0 amide bonds. The van der Waals surface area contributed by atoms with E-state index in [9.17, 15) is 9.59 Å². The Morgan fingerprint density at radius 3 is 2.10 bits per heavy atom. The van der Waals surface area contributed by atoms with Crippen molar-refractivity contribution in [3.63, 3.8) is 0 Å². The van der Waals surface area contributed by atoms with Crippen LogP contribution in [0.4, 0.5) is 11.4 Å². The number of rotatable bonds is 6. The summed E-state index contributed by atoms with van der Waals surface area (Å²) in [6.45, 7) is 4.02. The van der Waals surface area contributed by atoms with Crippen LogP contribution in [-0.2, 0) is 9.47 Å². The normalized spacial score (nSPS) is 11.5. The van der Waals surface area contributed by atoms with Crippen molar-refractivity contribution in [2.45, 2.75) is 13.8 Å². The van der Waals surface area contributed by atoms with E-state index >= 15 is 0 Å². The summed E-state index contributed by atoms with van der Waals surface area (Å²) in [5, 5.41) is 6.25. The number of ether oxygens (including phenoxy) is 4. The maximum atomic E-state index is 12.1. The Hall–Kier alpha value is -3.33. The van der Waals surface area contributed by atoms with Crippen LogP contribution in [0.15, 0.2) is 36.4 Å². The lowest BCUT2D eigenvalue weighted by atomic mass is 10.1. The van der Waals surface area contributed by atoms with Crippen molar-refractivity contribution in [1.82, 2.24) is 0 Å². The maximum absolute atomic E-state index is 12.1. The van der Waals surface area contributed by atoms with E-state index in [0.717, 1.165) is 0 Å². The lowest BCUT2D eigenvalue weighted by molar-refractivity contribution is 0.0525. The smallest absolute Gasteiger partial charge is 0.338 e. The van der Waals surface area contributed by atoms with Gasteiger partial charge in [0.15, 0.2) is 16.6 Å². The molecule has 0 saturated heterocycles. The SMILES string of the molecule is CCOC(=O)c1cc(NC(=S)Nc2ccc3c(c2)OCO3)cc(C(=O)OCC)c1. The van der Waals surface area contributed by atoms with E-state index in [1.807, 2.05) is 0 Å². The van der Waals surface area contributed by atoms with Crippen LogP contribution < -0.4 is 20.1 Å². The first-order valence-corrected chi connectivity index (χ1v) is 9.38. The first kappa shape index (κ1) is 20.4. The van der Waals surface area contributed by atoms with Gasteiger partial charge in [-0.25, -0.2) is 9.59 Å². The van der Waals surface area contributed by atoms with Crippen LogP contribution >= 0.6 is 12.2 Å². The average molecular weight is 416 g/mol. The second-order valence-corrected chi connectivity index (χ2v) is 6.30. The summed E-state index contributed by atoms with van der Waals surface area (Å²) in [5.74, 6) is 0.190. The van der Waals surface area contributed by atoms with Gasteiger partial charge in [0.1, 0.15) is 0 Å². The van der Waals surface area contributed by atoms with E-state index in [-0.39, 0.29) is 36.2 Å². The fourth-order valence-corrected chi connectivity index (χ4v) is 2.87. The minimum Gasteiger partial charge on any atom is -0.462 e. The van der Waals surface area contributed by atoms with Crippen LogP contribution in [0, 0.1) is 0 Å². The Morgan fingerprint density at radius 1 is 0.897 bits per heavy atom. The Bertz CT molecular complexity index is 910. The summed E-state index contributed by atoms with van der Waals surface area (Å²) >= 11 is 5.34. The minimum absolute atomic E-state index is 0.179. The molecule has 2 N–H and O–H groups in total. The fourth-order valence-electron chi connectivity index (χ4n) is 2.63. The van der Waals surface area contributed by atoms with Crippen LogP contribution in [-0.4, -0.2) is 37.1 Å². The first-order chi connectivity index (χ1) is 14.0. The molecule has 29 heavy (non-hydrogen) atoms. The van der Waals surface area contributed by atoms with Gasteiger partial charge >= 0.3 is 11.9 Å². The number of carbonyl (C=O) groups is 2. The molecule has 0 bridgehead atoms. The van der Waals surface area contributed by atoms with Gasteiger partial charge in [0.2, 0.25) is 6.79 Å². The Labute approximate surface area is 173 Å². The van der Waals surface area contributed by atoms with Crippen LogP contribution in [0.2, 0.25) is 0 Å². The third-order valence-corrected chi connectivity index (χ3v) is 4.05. The molecule has 0 unspecified atom stereocenters. The summed E-state index contributed by atoms with van der Waals surface area (Å²) in [4.78, 5) is 24.3. The van der Waals surface area contributed by atoms with E-state index < -0.39 is 11.9 Å². The number of hydrogen-bond acceptors (Lipinski definition) is 7. The van der Waals surface area contributed by atoms with E-state index in [4.69, 9.17) is 31.2 Å². The molecule has 0 aromatic heterocycles. The summed E-state index contributed by atoms with van der Waals surface area (Å²) in [7, 11) is 0. The number of carbonyl (C=O) groups excluding carboxylic acids is 2. The molecular weight excluding hydrogens is 396 g/mol. The summed E-state index contributed by atoms with van der Waals surface area (Å²) in [6.07, 6.45) is 0. The van der Waals surface area contributed by atoms with Gasteiger partial charge in [-0.1, -0.05) is 0 Å². The minimum atomic E-state index is -0.545. The second kappa shape index (κ2) is 9.24. The van der Waals surface area contributed by atoms with Crippen LogP contribution in [0.3, 0.4) is 0 Å². The van der Waals surface area contributed by atoms with E-state index in [1.165, 1.54) is 6.07 Å². The quantitative estimate of drug-likeness (QED) is 0.541. The summed E-state index contributed by atoms with van der Waals surface area (Å²) in [6, 6.07) is 9.85. The van der Waals surface area contributed by atoms with Gasteiger partial charge in [0.05, 0.1) is 24.3 Å². The van der Waals surface area contributed by atoms with Crippen molar-refractivity contribution in [3.05, 3.63) is 47.5 Å². The van der Waals surface area contributed by atoms with Crippen molar-refractivity contribution >= 4 is 40.6 Å². The molecule has 1 aliphatic heterocycles. The number of anilines is 2. The van der Waals surface area contributed by atoms with E-state index in [1.54, 1.807) is 44.2 Å². The van der Waals surface area contributed by atoms with Gasteiger partial charge in [-0.3, -0.25) is 0 Å². The molecule has 0 radical (unpaired) electrons. The number of fused-ring (bicyclic) bond motifs is 1. The highest BCUT2D eigenvalue weighted by molar-refractivity contribution is 7.80. The molecule has 0 aliphatic carbocycles. The fraction of sp³-hybridized carbons (Fsp3) is 0.250. The van der Waals surface area contributed by atoms with Gasteiger partial charge in [-0.2, -0.15) is 0 Å². The molecule has 1 aliphatic rings. The Morgan fingerprint density at radius 2 is 1.48 bits per heavy atom. The molecule has 152 valence electrons. The molecule has 3 rings (SSSR count). The Kier molecular flexibility index (Phi) is 6.50. The number of hydrogen-bond donors (Lipinski definition) is 2. The molecule has 2 aromatic rings. The lowest BCUT2D eigenvalue weighted by Crippen LogP contribution is -2.20.